The third-order valence-corrected chi connectivity index (χ3v) is 5.08. The minimum Gasteiger partial charge on any atom is -0.394 e. The summed E-state index contributed by atoms with van der Waals surface area (Å²) in [4.78, 5) is 5.39. The monoisotopic (exact) mass is 305 g/mol. The van der Waals surface area contributed by atoms with Crippen LogP contribution < -0.4 is 0 Å². The summed E-state index contributed by atoms with van der Waals surface area (Å²) < 4.78 is 1.84. The Hall–Kier alpha value is -1.17. The number of hydrogen-bond acceptors (Lipinski definition) is 4. The lowest BCUT2D eigenvalue weighted by Crippen LogP contribution is -2.33. The van der Waals surface area contributed by atoms with Crippen molar-refractivity contribution in [3.05, 3.63) is 39.8 Å². The minimum atomic E-state index is 0.148. The van der Waals surface area contributed by atoms with Gasteiger partial charge >= 0.3 is 0 Å². The molecule has 1 aliphatic heterocycles. The average Bonchev–Trinajstić information content (AvgIpc) is 3.09. The van der Waals surface area contributed by atoms with E-state index in [1.165, 1.54) is 34.8 Å². The predicted octanol–water partition coefficient (Wildman–Crippen LogP) is 2.62. The molecular weight excluding hydrogens is 282 g/mol. The van der Waals surface area contributed by atoms with E-state index in [1.54, 1.807) is 0 Å². The van der Waals surface area contributed by atoms with Crippen LogP contribution >= 0.6 is 11.3 Å². The van der Waals surface area contributed by atoms with Crippen molar-refractivity contribution in [2.75, 3.05) is 19.7 Å². The number of aliphatic hydroxyl groups is 1. The molecule has 0 spiro atoms. The lowest BCUT2D eigenvalue weighted by molar-refractivity contribution is 0.199. The SMILES string of the molecule is Cc1ccc(CN2CCC[C@H](c3ccn(CCO)n3)C2)s1. The van der Waals surface area contributed by atoms with Gasteiger partial charge < -0.3 is 5.11 Å². The summed E-state index contributed by atoms with van der Waals surface area (Å²) >= 11 is 1.90. The highest BCUT2D eigenvalue weighted by atomic mass is 32.1. The van der Waals surface area contributed by atoms with Crippen LogP contribution in [0.25, 0.3) is 0 Å². The predicted molar refractivity (Wildman–Crippen MR) is 85.6 cm³/mol. The standard InChI is InChI=1S/C16H23N3OS/c1-13-4-5-15(21-13)12-18-7-2-3-14(11-18)16-6-8-19(17-16)9-10-20/h4-6,8,14,20H,2-3,7,9-12H2,1H3/t14-/m0/s1. The van der Waals surface area contributed by atoms with Crippen LogP contribution in [-0.2, 0) is 13.1 Å². The largest absolute Gasteiger partial charge is 0.394 e. The molecule has 0 aliphatic carbocycles. The van der Waals surface area contributed by atoms with Gasteiger partial charge in [0.25, 0.3) is 0 Å². The molecule has 1 N–H and O–H groups in total. The summed E-state index contributed by atoms with van der Waals surface area (Å²) in [6.45, 7) is 6.24. The highest BCUT2D eigenvalue weighted by Crippen LogP contribution is 2.27. The van der Waals surface area contributed by atoms with E-state index in [1.807, 2.05) is 22.2 Å². The molecule has 1 aliphatic rings. The Morgan fingerprint density at radius 2 is 2.29 bits per heavy atom. The highest BCUT2D eigenvalue weighted by molar-refractivity contribution is 7.11. The molecule has 0 saturated carbocycles. The first-order valence-corrected chi connectivity index (χ1v) is 8.48. The molecule has 4 nitrogen and oxygen atoms in total. The fourth-order valence-corrected chi connectivity index (χ4v) is 3.99. The van der Waals surface area contributed by atoms with Crippen molar-refractivity contribution in [2.24, 2.45) is 0 Å². The molecule has 1 saturated heterocycles. The third-order valence-electron chi connectivity index (χ3n) is 4.09. The second-order valence-electron chi connectivity index (χ2n) is 5.81. The molecule has 21 heavy (non-hydrogen) atoms. The Morgan fingerprint density at radius 3 is 3.05 bits per heavy atom. The van der Waals surface area contributed by atoms with Crippen LogP contribution in [0.5, 0.6) is 0 Å². The first-order chi connectivity index (χ1) is 10.2. The second-order valence-corrected chi connectivity index (χ2v) is 7.19. The first-order valence-electron chi connectivity index (χ1n) is 7.66. The van der Waals surface area contributed by atoms with E-state index < -0.39 is 0 Å². The van der Waals surface area contributed by atoms with E-state index in [0.717, 1.165) is 13.1 Å². The molecule has 1 fully saturated rings. The van der Waals surface area contributed by atoms with Crippen LogP contribution in [0.4, 0.5) is 0 Å². The lowest BCUT2D eigenvalue weighted by Gasteiger charge is -2.31. The summed E-state index contributed by atoms with van der Waals surface area (Å²) in [5.74, 6) is 0.528. The van der Waals surface area contributed by atoms with Gasteiger partial charge in [-0.15, -0.1) is 11.3 Å². The minimum absolute atomic E-state index is 0.148. The Morgan fingerprint density at radius 1 is 1.38 bits per heavy atom. The van der Waals surface area contributed by atoms with E-state index in [4.69, 9.17) is 5.11 Å². The normalized spacial score (nSPS) is 20.0. The molecule has 0 unspecified atom stereocenters. The second kappa shape index (κ2) is 6.73. The molecule has 0 bridgehead atoms. The van der Waals surface area contributed by atoms with Crippen molar-refractivity contribution < 1.29 is 5.11 Å². The number of thiophene rings is 1. The van der Waals surface area contributed by atoms with Crippen molar-refractivity contribution >= 4 is 11.3 Å². The lowest BCUT2D eigenvalue weighted by atomic mass is 9.95. The van der Waals surface area contributed by atoms with Crippen molar-refractivity contribution in [1.82, 2.24) is 14.7 Å². The smallest absolute Gasteiger partial charge is 0.0668 e. The van der Waals surface area contributed by atoms with Gasteiger partial charge in [-0.25, -0.2) is 0 Å². The van der Waals surface area contributed by atoms with Gasteiger partial charge in [-0.3, -0.25) is 9.58 Å². The van der Waals surface area contributed by atoms with Gasteiger partial charge in [0.15, 0.2) is 0 Å². The van der Waals surface area contributed by atoms with Crippen LogP contribution in [-0.4, -0.2) is 39.5 Å². The molecular formula is C16H23N3OS. The Kier molecular flexibility index (Phi) is 4.73. The molecule has 2 aromatic rings. The van der Waals surface area contributed by atoms with Crippen molar-refractivity contribution in [3.63, 3.8) is 0 Å². The summed E-state index contributed by atoms with van der Waals surface area (Å²) in [6, 6.07) is 6.57. The average molecular weight is 305 g/mol. The Bertz CT molecular complexity index is 578. The van der Waals surface area contributed by atoms with Gasteiger partial charge in [0.1, 0.15) is 0 Å². The topological polar surface area (TPSA) is 41.3 Å². The summed E-state index contributed by atoms with van der Waals surface area (Å²) in [5, 5.41) is 13.6. The van der Waals surface area contributed by atoms with Crippen molar-refractivity contribution in [3.8, 4) is 0 Å². The van der Waals surface area contributed by atoms with E-state index in [0.29, 0.717) is 12.5 Å². The number of likely N-dealkylation sites (tertiary alicyclic amines) is 1. The maximum absolute atomic E-state index is 8.98. The molecule has 0 aromatic carbocycles. The molecule has 3 heterocycles. The molecule has 5 heteroatoms. The highest BCUT2D eigenvalue weighted by Gasteiger charge is 2.23. The van der Waals surface area contributed by atoms with Gasteiger partial charge in [-0.1, -0.05) is 0 Å². The van der Waals surface area contributed by atoms with Crippen molar-refractivity contribution in [1.29, 1.82) is 0 Å². The number of hydrogen-bond donors (Lipinski definition) is 1. The zero-order chi connectivity index (χ0) is 14.7. The number of nitrogens with zero attached hydrogens (tertiary/aromatic N) is 3. The molecule has 3 rings (SSSR count). The van der Waals surface area contributed by atoms with Crippen LogP contribution in [0, 0.1) is 6.92 Å². The summed E-state index contributed by atoms with van der Waals surface area (Å²) in [6.07, 6.45) is 4.44. The van der Waals surface area contributed by atoms with Gasteiger partial charge in [0, 0.05) is 35.0 Å². The van der Waals surface area contributed by atoms with Gasteiger partial charge in [0.05, 0.1) is 18.8 Å². The molecule has 114 valence electrons. The molecule has 0 amide bonds. The van der Waals surface area contributed by atoms with Crippen LogP contribution in [0.3, 0.4) is 0 Å². The van der Waals surface area contributed by atoms with Gasteiger partial charge in [0.2, 0.25) is 0 Å². The van der Waals surface area contributed by atoms with Gasteiger partial charge in [-0.05, 0) is 44.5 Å². The van der Waals surface area contributed by atoms with Crippen LogP contribution in [0.2, 0.25) is 0 Å². The number of aromatic nitrogens is 2. The third kappa shape index (κ3) is 3.73. The van der Waals surface area contributed by atoms with Gasteiger partial charge in [-0.2, -0.15) is 5.10 Å². The fourth-order valence-electron chi connectivity index (χ4n) is 3.05. The van der Waals surface area contributed by atoms with Crippen LogP contribution in [0.1, 0.15) is 34.2 Å². The maximum atomic E-state index is 8.98. The molecule has 2 aromatic heterocycles. The van der Waals surface area contributed by atoms with E-state index in [-0.39, 0.29) is 6.61 Å². The summed E-state index contributed by atoms with van der Waals surface area (Å²) in [5.41, 5.74) is 1.18. The zero-order valence-electron chi connectivity index (χ0n) is 12.5. The number of piperidine rings is 1. The van der Waals surface area contributed by atoms with E-state index in [9.17, 15) is 0 Å². The molecule has 0 radical (unpaired) electrons. The Balaban J connectivity index is 1.61. The van der Waals surface area contributed by atoms with E-state index >= 15 is 0 Å². The first kappa shape index (κ1) is 14.8. The fraction of sp³-hybridized carbons (Fsp3) is 0.562. The number of aryl methyl sites for hydroxylation is 1. The number of aliphatic hydroxyl groups excluding tert-OH is 1. The van der Waals surface area contributed by atoms with E-state index in [2.05, 4.69) is 35.1 Å². The maximum Gasteiger partial charge on any atom is 0.0668 e. The summed E-state index contributed by atoms with van der Waals surface area (Å²) in [7, 11) is 0. The van der Waals surface area contributed by atoms with Crippen molar-refractivity contribution in [2.45, 2.75) is 38.8 Å². The Labute approximate surface area is 130 Å². The zero-order valence-corrected chi connectivity index (χ0v) is 13.4. The number of rotatable bonds is 5. The van der Waals surface area contributed by atoms with Crippen LogP contribution in [0.15, 0.2) is 24.4 Å². The quantitative estimate of drug-likeness (QED) is 0.923. The molecule has 1 atom stereocenters.